The molecule has 0 radical (unpaired) electrons. The molecule has 6 heteroatoms. The highest BCUT2D eigenvalue weighted by atomic mass is 32.2. The summed E-state index contributed by atoms with van der Waals surface area (Å²) in [4.78, 5) is 23.2. The molecule has 0 aliphatic carbocycles. The minimum absolute atomic E-state index is 0.123. The molecule has 0 saturated carbocycles. The normalized spacial score (nSPS) is 10.7. The van der Waals surface area contributed by atoms with Crippen molar-refractivity contribution in [2.75, 3.05) is 6.54 Å². The van der Waals surface area contributed by atoms with E-state index in [1.807, 2.05) is 12.1 Å². The fraction of sp³-hybridized carbons (Fsp3) is 0.357. The Bertz CT molecular complexity index is 627. The molecule has 0 bridgehead atoms. The molecule has 106 valence electrons. The van der Waals surface area contributed by atoms with Crippen LogP contribution in [0.1, 0.15) is 24.6 Å². The molecule has 20 heavy (non-hydrogen) atoms. The van der Waals surface area contributed by atoms with Gasteiger partial charge in [0, 0.05) is 18.0 Å². The van der Waals surface area contributed by atoms with Gasteiger partial charge in [0.1, 0.15) is 5.03 Å². The third-order valence-corrected chi connectivity index (χ3v) is 3.68. The second kappa shape index (κ2) is 7.21. The minimum Gasteiger partial charge on any atom is -0.330 e. The fourth-order valence-electron chi connectivity index (χ4n) is 1.87. The van der Waals surface area contributed by atoms with Crippen LogP contribution >= 0.6 is 11.8 Å². The first kappa shape index (κ1) is 14.7. The van der Waals surface area contributed by atoms with Crippen molar-refractivity contribution in [2.24, 2.45) is 5.73 Å². The molecule has 0 atom stereocenters. The quantitative estimate of drug-likeness (QED) is 0.792. The molecule has 3 N–H and O–H groups in total. The first-order valence-electron chi connectivity index (χ1n) is 6.65. The Hall–Kier alpha value is -1.66. The molecule has 2 heterocycles. The van der Waals surface area contributed by atoms with Gasteiger partial charge >= 0.3 is 0 Å². The van der Waals surface area contributed by atoms with Crippen molar-refractivity contribution in [3.05, 3.63) is 46.0 Å². The van der Waals surface area contributed by atoms with Crippen LogP contribution in [0.5, 0.6) is 0 Å². The zero-order valence-corrected chi connectivity index (χ0v) is 12.2. The van der Waals surface area contributed by atoms with Crippen LogP contribution in [0.25, 0.3) is 0 Å². The van der Waals surface area contributed by atoms with E-state index in [9.17, 15) is 4.79 Å². The lowest BCUT2D eigenvalue weighted by molar-refractivity contribution is 0.813. The number of aromatic nitrogens is 3. The number of nitrogens with two attached hydrogens (primary N) is 1. The number of hydrogen-bond acceptors (Lipinski definition) is 5. The summed E-state index contributed by atoms with van der Waals surface area (Å²) in [7, 11) is 0. The molecule has 0 saturated heterocycles. The first-order valence-corrected chi connectivity index (χ1v) is 7.46. The monoisotopic (exact) mass is 290 g/mol. The highest BCUT2D eigenvalue weighted by molar-refractivity contribution is 7.99. The van der Waals surface area contributed by atoms with Gasteiger partial charge in [-0.1, -0.05) is 19.4 Å². The van der Waals surface area contributed by atoms with Gasteiger partial charge in [0.15, 0.2) is 5.16 Å². The largest absolute Gasteiger partial charge is 0.330 e. The van der Waals surface area contributed by atoms with E-state index in [4.69, 9.17) is 5.73 Å². The molecule has 0 amide bonds. The number of nitrogens with zero attached hydrogens (tertiary/aromatic N) is 2. The standard InChI is InChI=1S/C14H18N4OS/c1-2-4-11-9-12(19)18-14(17-11)20-13-10(6-7-15)5-3-8-16-13/h3,5,8-9H,2,4,6-7,15H2,1H3,(H,17,18,19). The SMILES string of the molecule is CCCc1cc(=O)[nH]c(Sc2ncccc2CCN)n1. The number of aryl methyl sites for hydroxylation is 1. The van der Waals surface area contributed by atoms with Gasteiger partial charge in [-0.25, -0.2) is 9.97 Å². The molecule has 0 unspecified atom stereocenters. The zero-order chi connectivity index (χ0) is 14.4. The molecule has 2 aromatic heterocycles. The van der Waals surface area contributed by atoms with Crippen LogP contribution in [0.2, 0.25) is 0 Å². The van der Waals surface area contributed by atoms with Crippen molar-refractivity contribution >= 4 is 11.8 Å². The molecule has 2 rings (SSSR count). The van der Waals surface area contributed by atoms with E-state index in [1.165, 1.54) is 11.8 Å². The van der Waals surface area contributed by atoms with Crippen molar-refractivity contribution in [2.45, 2.75) is 36.4 Å². The summed E-state index contributed by atoms with van der Waals surface area (Å²) in [6.07, 6.45) is 4.25. The predicted octanol–water partition coefficient (Wildman–Crippen LogP) is 1.77. The van der Waals surface area contributed by atoms with E-state index >= 15 is 0 Å². The average molecular weight is 290 g/mol. The summed E-state index contributed by atoms with van der Waals surface area (Å²) >= 11 is 1.38. The summed E-state index contributed by atoms with van der Waals surface area (Å²) < 4.78 is 0. The predicted molar refractivity (Wildman–Crippen MR) is 80.0 cm³/mol. The Kier molecular flexibility index (Phi) is 5.31. The molecule has 0 aromatic carbocycles. The molecule has 0 fully saturated rings. The number of rotatable bonds is 6. The number of nitrogens with one attached hydrogen (secondary N) is 1. The zero-order valence-electron chi connectivity index (χ0n) is 11.4. The topological polar surface area (TPSA) is 84.7 Å². The van der Waals surface area contributed by atoms with Crippen LogP contribution in [0.15, 0.2) is 39.4 Å². The second-order valence-corrected chi connectivity index (χ2v) is 5.38. The molecule has 5 nitrogen and oxygen atoms in total. The van der Waals surface area contributed by atoms with Gasteiger partial charge in [0.05, 0.1) is 0 Å². The Morgan fingerprint density at radius 2 is 2.25 bits per heavy atom. The lowest BCUT2D eigenvalue weighted by Crippen LogP contribution is -2.10. The summed E-state index contributed by atoms with van der Waals surface area (Å²) in [5, 5.41) is 1.42. The van der Waals surface area contributed by atoms with Crippen molar-refractivity contribution in [1.82, 2.24) is 15.0 Å². The maximum atomic E-state index is 11.6. The van der Waals surface area contributed by atoms with Crippen LogP contribution in [0.4, 0.5) is 0 Å². The Balaban J connectivity index is 2.27. The molecular weight excluding hydrogens is 272 g/mol. The molecule has 0 spiro atoms. The van der Waals surface area contributed by atoms with Gasteiger partial charge in [0.25, 0.3) is 5.56 Å². The maximum absolute atomic E-state index is 11.6. The Morgan fingerprint density at radius 1 is 1.40 bits per heavy atom. The van der Waals surface area contributed by atoms with Crippen LogP contribution in [-0.4, -0.2) is 21.5 Å². The van der Waals surface area contributed by atoms with Gasteiger partial charge in [-0.05, 0) is 42.8 Å². The highest BCUT2D eigenvalue weighted by Gasteiger charge is 2.08. The molecule has 0 aliphatic heterocycles. The third kappa shape index (κ3) is 3.91. The summed E-state index contributed by atoms with van der Waals surface area (Å²) in [5.41, 5.74) is 7.36. The van der Waals surface area contributed by atoms with Gasteiger partial charge in [-0.15, -0.1) is 0 Å². The first-order chi connectivity index (χ1) is 9.72. The summed E-state index contributed by atoms with van der Waals surface area (Å²) in [6, 6.07) is 5.43. The molecular formula is C14H18N4OS. The van der Waals surface area contributed by atoms with Crippen molar-refractivity contribution in [1.29, 1.82) is 0 Å². The smallest absolute Gasteiger partial charge is 0.251 e. The Labute approximate surface area is 122 Å². The van der Waals surface area contributed by atoms with Crippen LogP contribution in [0.3, 0.4) is 0 Å². The van der Waals surface area contributed by atoms with Gasteiger partial charge < -0.3 is 10.7 Å². The minimum atomic E-state index is -0.123. The molecule has 0 aliphatic rings. The van der Waals surface area contributed by atoms with E-state index in [2.05, 4.69) is 21.9 Å². The van der Waals surface area contributed by atoms with Crippen molar-refractivity contribution in [3.63, 3.8) is 0 Å². The summed E-state index contributed by atoms with van der Waals surface area (Å²) in [6.45, 7) is 2.63. The van der Waals surface area contributed by atoms with Crippen LogP contribution in [0, 0.1) is 0 Å². The van der Waals surface area contributed by atoms with E-state index in [0.717, 1.165) is 35.5 Å². The number of pyridine rings is 1. The fourth-order valence-corrected chi connectivity index (χ4v) is 2.78. The lowest BCUT2D eigenvalue weighted by Gasteiger charge is -2.07. The van der Waals surface area contributed by atoms with E-state index in [1.54, 1.807) is 12.3 Å². The lowest BCUT2D eigenvalue weighted by atomic mass is 10.2. The van der Waals surface area contributed by atoms with E-state index in [0.29, 0.717) is 11.7 Å². The highest BCUT2D eigenvalue weighted by Crippen LogP contribution is 2.25. The van der Waals surface area contributed by atoms with Gasteiger partial charge in [-0.2, -0.15) is 0 Å². The number of aromatic amines is 1. The van der Waals surface area contributed by atoms with E-state index < -0.39 is 0 Å². The van der Waals surface area contributed by atoms with Gasteiger partial charge in [-0.3, -0.25) is 4.79 Å². The van der Waals surface area contributed by atoms with Crippen LogP contribution < -0.4 is 11.3 Å². The second-order valence-electron chi connectivity index (χ2n) is 4.40. The summed E-state index contributed by atoms with van der Waals surface area (Å²) in [5.74, 6) is 0. The maximum Gasteiger partial charge on any atom is 0.251 e. The van der Waals surface area contributed by atoms with Crippen molar-refractivity contribution < 1.29 is 0 Å². The Morgan fingerprint density at radius 3 is 3.00 bits per heavy atom. The third-order valence-electron chi connectivity index (χ3n) is 2.74. The number of hydrogen-bond donors (Lipinski definition) is 2. The van der Waals surface area contributed by atoms with Crippen molar-refractivity contribution in [3.8, 4) is 0 Å². The average Bonchev–Trinajstić information content (AvgIpc) is 2.41. The number of H-pyrrole nitrogens is 1. The van der Waals surface area contributed by atoms with Gasteiger partial charge in [0.2, 0.25) is 0 Å². The molecule has 2 aromatic rings. The van der Waals surface area contributed by atoms with Crippen LogP contribution in [-0.2, 0) is 12.8 Å². The van der Waals surface area contributed by atoms with E-state index in [-0.39, 0.29) is 5.56 Å².